The molecule has 0 fully saturated rings. The molecule has 2 heterocycles. The Balaban J connectivity index is 1.57. The van der Waals surface area contributed by atoms with Crippen LogP contribution in [0.4, 0.5) is 18.3 Å². The number of amides is 1. The molecule has 26 heavy (non-hydrogen) atoms. The van der Waals surface area contributed by atoms with Gasteiger partial charge in [-0.15, -0.1) is 11.3 Å². The van der Waals surface area contributed by atoms with Crippen molar-refractivity contribution in [3.8, 4) is 5.75 Å². The summed E-state index contributed by atoms with van der Waals surface area (Å²) in [5.41, 5.74) is 0.0506. The lowest BCUT2D eigenvalue weighted by Crippen LogP contribution is -2.10. The van der Waals surface area contributed by atoms with Crippen LogP contribution in [0, 0.1) is 6.92 Å². The first-order chi connectivity index (χ1) is 12.3. The Morgan fingerprint density at radius 3 is 2.58 bits per heavy atom. The number of nitrogens with zero attached hydrogens (tertiary/aromatic N) is 1. The van der Waals surface area contributed by atoms with Crippen molar-refractivity contribution in [2.75, 3.05) is 5.32 Å². The molecule has 9 heteroatoms. The number of nitrogens with one attached hydrogen (secondary N) is 1. The van der Waals surface area contributed by atoms with E-state index in [2.05, 4.69) is 10.3 Å². The number of furan rings is 1. The first-order valence-electron chi connectivity index (χ1n) is 7.43. The quantitative estimate of drug-likeness (QED) is 0.682. The minimum Gasteiger partial charge on any atom is -0.486 e. The molecule has 136 valence electrons. The normalized spacial score (nSPS) is 11.4. The largest absolute Gasteiger partial charge is 0.486 e. The number of aryl methyl sites for hydroxylation is 1. The van der Waals surface area contributed by atoms with E-state index in [1.807, 2.05) is 6.92 Å². The number of halogens is 3. The van der Waals surface area contributed by atoms with Crippen molar-refractivity contribution >= 4 is 22.4 Å². The number of anilines is 1. The van der Waals surface area contributed by atoms with Gasteiger partial charge in [0.25, 0.3) is 5.91 Å². The third-order valence-electron chi connectivity index (χ3n) is 3.29. The van der Waals surface area contributed by atoms with Crippen LogP contribution in [0.15, 0.2) is 46.2 Å². The summed E-state index contributed by atoms with van der Waals surface area (Å²) in [4.78, 5) is 16.2. The van der Waals surface area contributed by atoms with Gasteiger partial charge in [-0.1, -0.05) is 0 Å². The number of aromatic nitrogens is 1. The summed E-state index contributed by atoms with van der Waals surface area (Å²) in [7, 11) is 0. The molecule has 3 aromatic rings. The number of thiazole rings is 1. The highest BCUT2D eigenvalue weighted by Crippen LogP contribution is 2.30. The topological polar surface area (TPSA) is 64.4 Å². The maximum Gasteiger partial charge on any atom is 0.416 e. The summed E-state index contributed by atoms with van der Waals surface area (Å²) in [6.45, 7) is 1.80. The molecule has 2 aromatic heterocycles. The van der Waals surface area contributed by atoms with Crippen LogP contribution >= 0.6 is 11.3 Å². The molecule has 0 aliphatic carbocycles. The first-order valence-corrected chi connectivity index (χ1v) is 8.31. The molecule has 0 spiro atoms. The zero-order chi connectivity index (χ0) is 18.7. The Morgan fingerprint density at radius 1 is 1.23 bits per heavy atom. The Hall–Kier alpha value is -2.81. The number of carbonyl (C=O) groups excluding carboxylic acids is 1. The van der Waals surface area contributed by atoms with Crippen LogP contribution in [-0.4, -0.2) is 10.9 Å². The Kier molecular flexibility index (Phi) is 4.99. The fourth-order valence-corrected chi connectivity index (χ4v) is 2.73. The van der Waals surface area contributed by atoms with Gasteiger partial charge in [-0.25, -0.2) is 4.98 Å². The zero-order valence-corrected chi connectivity index (χ0v) is 14.3. The van der Waals surface area contributed by atoms with Crippen LogP contribution in [0.3, 0.4) is 0 Å². The van der Waals surface area contributed by atoms with Gasteiger partial charge < -0.3 is 9.15 Å². The molecule has 0 atom stereocenters. The lowest BCUT2D eigenvalue weighted by molar-refractivity contribution is -0.137. The highest BCUT2D eigenvalue weighted by Gasteiger charge is 2.30. The second-order valence-corrected chi connectivity index (χ2v) is 6.18. The Morgan fingerprint density at radius 2 is 1.96 bits per heavy atom. The van der Waals surface area contributed by atoms with Crippen LogP contribution in [0.1, 0.15) is 27.6 Å². The van der Waals surface area contributed by atoms with E-state index in [9.17, 15) is 18.0 Å². The fraction of sp³-hybridized carbons (Fsp3) is 0.176. The molecular formula is C17H13F3N2O3S. The minimum atomic E-state index is -4.39. The van der Waals surface area contributed by atoms with Crippen LogP contribution in [-0.2, 0) is 12.8 Å². The maximum absolute atomic E-state index is 12.5. The second-order valence-electron chi connectivity index (χ2n) is 5.32. The second kappa shape index (κ2) is 7.20. The summed E-state index contributed by atoms with van der Waals surface area (Å²) in [6, 6.07) is 7.38. The average molecular weight is 382 g/mol. The molecule has 0 aliphatic heterocycles. The van der Waals surface area contributed by atoms with Gasteiger partial charge in [0.2, 0.25) is 0 Å². The third kappa shape index (κ3) is 4.42. The molecule has 0 saturated heterocycles. The maximum atomic E-state index is 12.5. The molecule has 1 amide bonds. The highest BCUT2D eigenvalue weighted by molar-refractivity contribution is 7.13. The van der Waals surface area contributed by atoms with E-state index in [0.717, 1.165) is 17.8 Å². The van der Waals surface area contributed by atoms with Crippen LogP contribution in [0.25, 0.3) is 0 Å². The molecule has 1 aromatic carbocycles. The number of benzene rings is 1. The molecule has 0 aliphatic rings. The summed E-state index contributed by atoms with van der Waals surface area (Å²) < 4.78 is 48.3. The van der Waals surface area contributed by atoms with Crippen molar-refractivity contribution in [3.05, 3.63) is 64.6 Å². The van der Waals surface area contributed by atoms with E-state index < -0.39 is 17.6 Å². The predicted molar refractivity (Wildman–Crippen MR) is 89.3 cm³/mol. The molecule has 0 radical (unpaired) electrons. The smallest absolute Gasteiger partial charge is 0.416 e. The zero-order valence-electron chi connectivity index (χ0n) is 13.5. The number of hydrogen-bond acceptors (Lipinski definition) is 5. The number of hydrogen-bond donors (Lipinski definition) is 1. The van der Waals surface area contributed by atoms with Gasteiger partial charge in [-0.3, -0.25) is 10.1 Å². The number of alkyl halides is 3. The Bertz CT molecular complexity index is 901. The fourth-order valence-electron chi connectivity index (χ4n) is 2.04. The van der Waals surface area contributed by atoms with Gasteiger partial charge in [0.05, 0.1) is 11.3 Å². The standard InChI is InChI=1S/C17H13F3N2O3S/c1-10-9-26-16(21-10)22-15(23)14-7-6-13(25-14)8-24-12-4-2-11(3-5-12)17(18,19)20/h2-7,9H,8H2,1H3,(H,21,22,23). The van der Waals surface area contributed by atoms with Gasteiger partial charge in [-0.2, -0.15) is 13.2 Å². The third-order valence-corrected chi connectivity index (χ3v) is 4.16. The first kappa shape index (κ1) is 18.0. The highest BCUT2D eigenvalue weighted by atomic mass is 32.1. The van der Waals surface area contributed by atoms with Crippen molar-refractivity contribution < 1.29 is 27.1 Å². The van der Waals surface area contributed by atoms with Gasteiger partial charge in [0.1, 0.15) is 18.1 Å². The summed E-state index contributed by atoms with van der Waals surface area (Å²) in [6.07, 6.45) is -4.39. The number of rotatable bonds is 5. The van der Waals surface area contributed by atoms with Gasteiger partial charge >= 0.3 is 6.18 Å². The van der Waals surface area contributed by atoms with Gasteiger partial charge in [0, 0.05) is 5.38 Å². The van der Waals surface area contributed by atoms with Gasteiger partial charge in [0.15, 0.2) is 10.9 Å². The molecule has 0 bridgehead atoms. The molecule has 0 unspecified atom stereocenters. The summed E-state index contributed by atoms with van der Waals surface area (Å²) in [5, 5.41) is 4.88. The van der Waals surface area contributed by atoms with E-state index in [4.69, 9.17) is 9.15 Å². The molecular weight excluding hydrogens is 369 g/mol. The monoisotopic (exact) mass is 382 g/mol. The lowest BCUT2D eigenvalue weighted by atomic mass is 10.2. The van der Waals surface area contributed by atoms with Crippen molar-refractivity contribution in [2.45, 2.75) is 19.7 Å². The SMILES string of the molecule is Cc1csc(NC(=O)c2ccc(COc3ccc(C(F)(F)F)cc3)o2)n1. The van der Waals surface area contributed by atoms with Crippen molar-refractivity contribution in [3.63, 3.8) is 0 Å². The van der Waals surface area contributed by atoms with E-state index in [-0.39, 0.29) is 18.1 Å². The van der Waals surface area contributed by atoms with Crippen molar-refractivity contribution in [1.29, 1.82) is 0 Å². The Labute approximate surface area is 150 Å². The van der Waals surface area contributed by atoms with E-state index in [0.29, 0.717) is 10.9 Å². The minimum absolute atomic E-state index is 0.0188. The number of ether oxygens (including phenoxy) is 1. The van der Waals surface area contributed by atoms with Crippen LogP contribution in [0.5, 0.6) is 5.75 Å². The molecule has 5 nitrogen and oxygen atoms in total. The van der Waals surface area contributed by atoms with E-state index >= 15 is 0 Å². The number of carbonyl (C=O) groups is 1. The predicted octanol–water partition coefficient (Wildman–Crippen LogP) is 4.89. The van der Waals surface area contributed by atoms with Crippen LogP contribution in [0.2, 0.25) is 0 Å². The molecule has 3 rings (SSSR count). The van der Waals surface area contributed by atoms with E-state index in [1.54, 1.807) is 11.4 Å². The van der Waals surface area contributed by atoms with Crippen LogP contribution < -0.4 is 10.1 Å². The van der Waals surface area contributed by atoms with Gasteiger partial charge in [-0.05, 0) is 43.3 Å². The average Bonchev–Trinajstić information content (AvgIpc) is 3.21. The van der Waals surface area contributed by atoms with Crippen molar-refractivity contribution in [2.24, 2.45) is 0 Å². The summed E-state index contributed by atoms with van der Waals surface area (Å²) in [5.74, 6) is 0.271. The lowest BCUT2D eigenvalue weighted by Gasteiger charge is -2.08. The van der Waals surface area contributed by atoms with Crippen molar-refractivity contribution in [1.82, 2.24) is 4.98 Å². The summed E-state index contributed by atoms with van der Waals surface area (Å²) >= 11 is 1.30. The molecule has 0 saturated carbocycles. The van der Waals surface area contributed by atoms with E-state index in [1.165, 1.54) is 29.5 Å². The molecule has 1 N–H and O–H groups in total.